The van der Waals surface area contributed by atoms with Crippen LogP contribution in [0.2, 0.25) is 0 Å². The average molecular weight is 239 g/mol. The predicted octanol–water partition coefficient (Wildman–Crippen LogP) is 0.540. The molecule has 1 heterocycles. The van der Waals surface area contributed by atoms with Gasteiger partial charge in [0.2, 0.25) is 5.91 Å². The van der Waals surface area contributed by atoms with Gasteiger partial charge in [0.1, 0.15) is 0 Å². The van der Waals surface area contributed by atoms with Gasteiger partial charge < -0.3 is 15.1 Å². The number of rotatable bonds is 6. The molecule has 0 unspecified atom stereocenters. The molecular weight excluding hydrogens is 214 g/mol. The molecule has 0 radical (unpaired) electrons. The van der Waals surface area contributed by atoms with Crippen molar-refractivity contribution in [2.45, 2.75) is 25.7 Å². The smallest absolute Gasteiger partial charge is 0.223 e. The minimum absolute atomic E-state index is 0.282. The summed E-state index contributed by atoms with van der Waals surface area (Å²) in [7, 11) is 2.19. The van der Waals surface area contributed by atoms with Gasteiger partial charge in [0.05, 0.1) is 0 Å². The van der Waals surface area contributed by atoms with Crippen LogP contribution in [0.1, 0.15) is 25.7 Å². The van der Waals surface area contributed by atoms with Gasteiger partial charge >= 0.3 is 0 Å². The number of amides is 1. The van der Waals surface area contributed by atoms with Gasteiger partial charge in [-0.2, -0.15) is 0 Å². The minimum atomic E-state index is 0.282. The predicted molar refractivity (Wildman–Crippen MR) is 68.9 cm³/mol. The number of nitrogens with zero attached hydrogens (tertiary/aromatic N) is 2. The van der Waals surface area contributed by atoms with Crippen molar-refractivity contribution in [2.24, 2.45) is 5.92 Å². The maximum atomic E-state index is 11.4. The lowest BCUT2D eigenvalue weighted by molar-refractivity contribution is -0.122. The topological polar surface area (TPSA) is 35.6 Å². The lowest BCUT2D eigenvalue weighted by atomic mass is 10.2. The molecule has 0 atom stereocenters. The summed E-state index contributed by atoms with van der Waals surface area (Å²) in [6.07, 6.45) is 4.53. The number of piperazine rings is 1. The van der Waals surface area contributed by atoms with Crippen LogP contribution >= 0.6 is 0 Å². The van der Waals surface area contributed by atoms with Crippen molar-refractivity contribution < 1.29 is 4.79 Å². The molecule has 0 aromatic heterocycles. The quantitative estimate of drug-likeness (QED) is 0.687. The second kappa shape index (κ2) is 6.36. The Balaban J connectivity index is 1.44. The van der Waals surface area contributed by atoms with E-state index < -0.39 is 0 Å². The van der Waals surface area contributed by atoms with Crippen molar-refractivity contribution in [3.63, 3.8) is 0 Å². The van der Waals surface area contributed by atoms with Gasteiger partial charge in [-0.25, -0.2) is 0 Å². The molecule has 4 heteroatoms. The molecule has 1 N–H and O–H groups in total. The molecule has 0 aromatic rings. The molecule has 4 nitrogen and oxygen atoms in total. The number of hydrogen-bond donors (Lipinski definition) is 1. The number of hydrogen-bond acceptors (Lipinski definition) is 3. The molecule has 1 aliphatic heterocycles. The van der Waals surface area contributed by atoms with Gasteiger partial charge in [-0.15, -0.1) is 0 Å². The highest BCUT2D eigenvalue weighted by Crippen LogP contribution is 2.28. The number of carbonyl (C=O) groups is 1. The lowest BCUT2D eigenvalue weighted by Gasteiger charge is -2.32. The molecule has 1 saturated carbocycles. The van der Waals surface area contributed by atoms with Crippen LogP contribution in [0.15, 0.2) is 0 Å². The van der Waals surface area contributed by atoms with Crippen molar-refractivity contribution >= 4 is 5.91 Å². The fourth-order valence-electron chi connectivity index (χ4n) is 2.23. The van der Waals surface area contributed by atoms with Crippen LogP contribution < -0.4 is 5.32 Å². The van der Waals surface area contributed by atoms with Crippen LogP contribution in [0.3, 0.4) is 0 Å². The van der Waals surface area contributed by atoms with Crippen LogP contribution in [-0.4, -0.2) is 62.0 Å². The summed E-state index contributed by atoms with van der Waals surface area (Å²) in [5.74, 6) is 0.636. The van der Waals surface area contributed by atoms with Crippen LogP contribution in [0.25, 0.3) is 0 Å². The lowest BCUT2D eigenvalue weighted by Crippen LogP contribution is -2.44. The monoisotopic (exact) mass is 239 g/mol. The molecule has 1 aliphatic carbocycles. The zero-order chi connectivity index (χ0) is 12.1. The van der Waals surface area contributed by atoms with E-state index in [1.807, 2.05) is 0 Å². The molecule has 2 fully saturated rings. The first-order chi connectivity index (χ1) is 8.25. The molecule has 2 rings (SSSR count). The second-order valence-corrected chi connectivity index (χ2v) is 5.42. The fourth-order valence-corrected chi connectivity index (χ4v) is 2.23. The van der Waals surface area contributed by atoms with Gasteiger partial charge in [-0.3, -0.25) is 4.79 Å². The Hall–Kier alpha value is -0.610. The van der Waals surface area contributed by atoms with E-state index in [2.05, 4.69) is 22.2 Å². The summed E-state index contributed by atoms with van der Waals surface area (Å²) in [4.78, 5) is 16.3. The van der Waals surface area contributed by atoms with E-state index >= 15 is 0 Å². The Kier molecular flexibility index (Phi) is 4.80. The largest absolute Gasteiger partial charge is 0.356 e. The first-order valence-corrected chi connectivity index (χ1v) is 6.94. The second-order valence-electron chi connectivity index (χ2n) is 5.42. The van der Waals surface area contributed by atoms with Gasteiger partial charge in [0.15, 0.2) is 0 Å². The molecule has 1 amide bonds. The first kappa shape index (κ1) is 12.8. The highest BCUT2D eigenvalue weighted by atomic mass is 16.2. The summed E-state index contributed by atoms with van der Waals surface area (Å²) < 4.78 is 0. The molecule has 17 heavy (non-hydrogen) atoms. The Morgan fingerprint density at radius 3 is 2.53 bits per heavy atom. The third-order valence-corrected chi connectivity index (χ3v) is 3.74. The molecule has 98 valence electrons. The van der Waals surface area contributed by atoms with Gasteiger partial charge in [-0.1, -0.05) is 0 Å². The fraction of sp³-hybridized carbons (Fsp3) is 0.923. The standard InChI is InChI=1S/C13H25N3O/c1-15-8-10-16(11-9-15)7-3-2-6-14-13(17)12-4-5-12/h12H,2-11H2,1H3,(H,14,17). The van der Waals surface area contributed by atoms with Crippen LogP contribution in [0, 0.1) is 5.92 Å². The summed E-state index contributed by atoms with van der Waals surface area (Å²) >= 11 is 0. The van der Waals surface area contributed by atoms with E-state index in [4.69, 9.17) is 0 Å². The summed E-state index contributed by atoms with van der Waals surface area (Å²) in [6.45, 7) is 6.84. The van der Waals surface area contributed by atoms with Gasteiger partial charge in [0, 0.05) is 38.6 Å². The SMILES string of the molecule is CN1CCN(CCCCNC(=O)C2CC2)CC1. The zero-order valence-corrected chi connectivity index (χ0v) is 11.0. The van der Waals surface area contributed by atoms with Crippen molar-refractivity contribution in [2.75, 3.05) is 46.3 Å². The van der Waals surface area contributed by atoms with Crippen molar-refractivity contribution in [1.82, 2.24) is 15.1 Å². The maximum absolute atomic E-state index is 11.4. The van der Waals surface area contributed by atoms with Gasteiger partial charge in [0.25, 0.3) is 0 Å². The Labute approximate surface area is 104 Å². The molecule has 0 spiro atoms. The van der Waals surface area contributed by atoms with Crippen molar-refractivity contribution in [3.05, 3.63) is 0 Å². The van der Waals surface area contributed by atoms with E-state index in [0.29, 0.717) is 5.92 Å². The van der Waals surface area contributed by atoms with Crippen molar-refractivity contribution in [1.29, 1.82) is 0 Å². The average Bonchev–Trinajstić information content (AvgIpc) is 3.15. The summed E-state index contributed by atoms with van der Waals surface area (Å²) in [5, 5.41) is 3.02. The highest BCUT2D eigenvalue weighted by molar-refractivity contribution is 5.80. The van der Waals surface area contributed by atoms with Crippen LogP contribution in [0.5, 0.6) is 0 Å². The summed E-state index contributed by atoms with van der Waals surface area (Å²) in [5.41, 5.74) is 0. The van der Waals surface area contributed by atoms with E-state index in [-0.39, 0.29) is 5.91 Å². The first-order valence-electron chi connectivity index (χ1n) is 6.94. The van der Waals surface area contributed by atoms with E-state index in [9.17, 15) is 4.79 Å². The molecule has 1 saturated heterocycles. The van der Waals surface area contributed by atoms with Gasteiger partial charge in [-0.05, 0) is 39.3 Å². The van der Waals surface area contributed by atoms with E-state index in [0.717, 1.165) is 25.8 Å². The van der Waals surface area contributed by atoms with E-state index in [1.165, 1.54) is 39.1 Å². The normalized spacial score (nSPS) is 22.6. The zero-order valence-electron chi connectivity index (χ0n) is 11.0. The van der Waals surface area contributed by atoms with Crippen molar-refractivity contribution in [3.8, 4) is 0 Å². The Morgan fingerprint density at radius 1 is 1.18 bits per heavy atom. The molecule has 0 aromatic carbocycles. The van der Waals surface area contributed by atoms with E-state index in [1.54, 1.807) is 0 Å². The highest BCUT2D eigenvalue weighted by Gasteiger charge is 2.28. The molecule has 2 aliphatic rings. The Morgan fingerprint density at radius 2 is 1.88 bits per heavy atom. The molecular formula is C13H25N3O. The third-order valence-electron chi connectivity index (χ3n) is 3.74. The third kappa shape index (κ3) is 4.64. The number of likely N-dealkylation sites (N-methyl/N-ethyl adjacent to an activating group) is 1. The number of carbonyl (C=O) groups excluding carboxylic acids is 1. The minimum Gasteiger partial charge on any atom is -0.356 e. The Bertz CT molecular complexity index is 245. The van der Waals surface area contributed by atoms with Crippen LogP contribution in [0.4, 0.5) is 0 Å². The number of nitrogens with one attached hydrogen (secondary N) is 1. The molecule has 0 bridgehead atoms. The maximum Gasteiger partial charge on any atom is 0.223 e. The number of unbranched alkanes of at least 4 members (excludes halogenated alkanes) is 1. The van der Waals surface area contributed by atoms with Crippen LogP contribution in [-0.2, 0) is 4.79 Å². The summed E-state index contributed by atoms with van der Waals surface area (Å²) in [6, 6.07) is 0.